The van der Waals surface area contributed by atoms with Crippen LogP contribution in [0.5, 0.6) is 0 Å². The number of benzene rings is 2. The van der Waals surface area contributed by atoms with Crippen LogP contribution < -0.4 is 0 Å². The van der Waals surface area contributed by atoms with Gasteiger partial charge in [-0.2, -0.15) is 0 Å². The van der Waals surface area contributed by atoms with Crippen LogP contribution in [0.25, 0.3) is 0 Å². The average Bonchev–Trinajstić information content (AvgIpc) is 2.48. The average molecular weight is 308 g/mol. The Hall–Kier alpha value is -1.72. The van der Waals surface area contributed by atoms with E-state index >= 15 is 0 Å². The summed E-state index contributed by atoms with van der Waals surface area (Å²) in [6.45, 7) is 1.69. The summed E-state index contributed by atoms with van der Waals surface area (Å²) < 4.78 is 38.5. The molecule has 21 heavy (non-hydrogen) atoms. The highest BCUT2D eigenvalue weighted by Gasteiger charge is 2.33. The van der Waals surface area contributed by atoms with Gasteiger partial charge in [-0.25, -0.2) is 12.8 Å². The fourth-order valence-electron chi connectivity index (χ4n) is 2.30. The molecule has 0 radical (unpaired) electrons. The Morgan fingerprint density at radius 1 is 1.10 bits per heavy atom. The van der Waals surface area contributed by atoms with Gasteiger partial charge in [-0.05, 0) is 30.2 Å². The molecule has 0 amide bonds. The molecular formula is C16H17FO3S. The van der Waals surface area contributed by atoms with Crippen LogP contribution in [0.2, 0.25) is 0 Å². The molecule has 0 spiro atoms. The predicted octanol–water partition coefficient (Wildman–Crippen LogP) is 3.11. The molecular weight excluding hydrogens is 291 g/mol. The number of rotatable bonds is 5. The summed E-state index contributed by atoms with van der Waals surface area (Å²) in [5, 5.41) is 9.36. The molecule has 112 valence electrons. The summed E-state index contributed by atoms with van der Waals surface area (Å²) in [6, 6.07) is 13.5. The van der Waals surface area contributed by atoms with Crippen LogP contribution in [0.3, 0.4) is 0 Å². The first-order chi connectivity index (χ1) is 9.96. The Kier molecular flexibility index (Phi) is 4.75. The summed E-state index contributed by atoms with van der Waals surface area (Å²) in [4.78, 5) is -0.107. The van der Waals surface area contributed by atoms with E-state index in [1.165, 1.54) is 18.2 Å². The molecule has 2 rings (SSSR count). The van der Waals surface area contributed by atoms with Gasteiger partial charge < -0.3 is 5.11 Å². The van der Waals surface area contributed by atoms with Crippen molar-refractivity contribution < 1.29 is 17.9 Å². The number of aliphatic hydroxyl groups excluding tert-OH is 1. The molecule has 2 unspecified atom stereocenters. The van der Waals surface area contributed by atoms with E-state index in [0.29, 0.717) is 5.56 Å². The van der Waals surface area contributed by atoms with E-state index in [1.54, 1.807) is 37.3 Å². The van der Waals surface area contributed by atoms with Gasteiger partial charge in [0.15, 0.2) is 9.84 Å². The molecule has 0 aliphatic heterocycles. The minimum absolute atomic E-state index is 0.107. The van der Waals surface area contributed by atoms with Crippen LogP contribution in [-0.2, 0) is 9.84 Å². The third-order valence-corrected chi connectivity index (χ3v) is 5.72. The molecule has 1 N–H and O–H groups in total. The number of aliphatic hydroxyl groups is 1. The van der Waals surface area contributed by atoms with Crippen molar-refractivity contribution in [3.63, 3.8) is 0 Å². The van der Waals surface area contributed by atoms with Gasteiger partial charge in [0.1, 0.15) is 5.82 Å². The molecule has 2 aromatic rings. The van der Waals surface area contributed by atoms with Crippen molar-refractivity contribution in [3.05, 3.63) is 66.0 Å². The molecule has 0 heterocycles. The van der Waals surface area contributed by atoms with Crippen LogP contribution in [0.15, 0.2) is 59.5 Å². The van der Waals surface area contributed by atoms with Gasteiger partial charge in [0, 0.05) is 0 Å². The standard InChI is InChI=1S/C16H17FO3S/c1-2-15(16(18)12-7-4-3-5-8-12)21(19,20)14-10-6-9-13(17)11-14/h3-11,15-16,18H,2H2,1H3. The monoisotopic (exact) mass is 308 g/mol. The lowest BCUT2D eigenvalue weighted by Crippen LogP contribution is -2.28. The van der Waals surface area contributed by atoms with Gasteiger partial charge in [-0.15, -0.1) is 0 Å². The van der Waals surface area contributed by atoms with Crippen molar-refractivity contribution in [1.29, 1.82) is 0 Å². The van der Waals surface area contributed by atoms with Gasteiger partial charge >= 0.3 is 0 Å². The molecule has 0 saturated heterocycles. The summed E-state index contributed by atoms with van der Waals surface area (Å²) in [5.41, 5.74) is 0.532. The normalized spacial score (nSPS) is 14.6. The molecule has 0 aliphatic carbocycles. The second-order valence-corrected chi connectivity index (χ2v) is 6.97. The molecule has 2 atom stereocenters. The van der Waals surface area contributed by atoms with Gasteiger partial charge in [0.05, 0.1) is 16.2 Å². The second-order valence-electron chi connectivity index (χ2n) is 4.80. The first-order valence-corrected chi connectivity index (χ1v) is 8.24. The fraction of sp³-hybridized carbons (Fsp3) is 0.250. The van der Waals surface area contributed by atoms with Crippen molar-refractivity contribution in [2.24, 2.45) is 0 Å². The highest BCUT2D eigenvalue weighted by Crippen LogP contribution is 2.29. The van der Waals surface area contributed by atoms with E-state index in [9.17, 15) is 17.9 Å². The zero-order chi connectivity index (χ0) is 15.5. The van der Waals surface area contributed by atoms with E-state index in [-0.39, 0.29) is 11.3 Å². The van der Waals surface area contributed by atoms with Crippen molar-refractivity contribution >= 4 is 9.84 Å². The molecule has 0 aliphatic rings. The van der Waals surface area contributed by atoms with Gasteiger partial charge in [0.25, 0.3) is 0 Å². The van der Waals surface area contributed by atoms with E-state index in [1.807, 2.05) is 0 Å². The van der Waals surface area contributed by atoms with Crippen molar-refractivity contribution in [2.45, 2.75) is 29.6 Å². The third-order valence-electron chi connectivity index (χ3n) is 3.42. The minimum atomic E-state index is -3.81. The lowest BCUT2D eigenvalue weighted by molar-refractivity contribution is 0.169. The maximum absolute atomic E-state index is 13.3. The minimum Gasteiger partial charge on any atom is -0.387 e. The molecule has 0 saturated carbocycles. The van der Waals surface area contributed by atoms with Gasteiger partial charge in [0.2, 0.25) is 0 Å². The Balaban J connectivity index is 2.41. The highest BCUT2D eigenvalue weighted by atomic mass is 32.2. The number of halogens is 1. The Bertz CT molecular complexity index is 698. The number of hydrogen-bond acceptors (Lipinski definition) is 3. The second kappa shape index (κ2) is 6.37. The lowest BCUT2D eigenvalue weighted by Gasteiger charge is -2.22. The summed E-state index contributed by atoms with van der Waals surface area (Å²) in [7, 11) is -3.81. The Morgan fingerprint density at radius 2 is 1.76 bits per heavy atom. The van der Waals surface area contributed by atoms with Crippen LogP contribution in [0.4, 0.5) is 4.39 Å². The summed E-state index contributed by atoms with van der Waals surface area (Å²) >= 11 is 0. The third kappa shape index (κ3) is 3.31. The van der Waals surface area contributed by atoms with E-state index < -0.39 is 27.0 Å². The van der Waals surface area contributed by atoms with Crippen LogP contribution in [0, 0.1) is 5.82 Å². The Labute approximate surface area is 124 Å². The van der Waals surface area contributed by atoms with E-state index in [4.69, 9.17) is 0 Å². The lowest BCUT2D eigenvalue weighted by atomic mass is 10.1. The molecule has 0 bridgehead atoms. The maximum atomic E-state index is 13.3. The smallest absolute Gasteiger partial charge is 0.184 e. The highest BCUT2D eigenvalue weighted by molar-refractivity contribution is 7.92. The summed E-state index contributed by atoms with van der Waals surface area (Å²) in [6.07, 6.45) is -0.918. The molecule has 5 heteroatoms. The topological polar surface area (TPSA) is 54.4 Å². The molecule has 2 aromatic carbocycles. The van der Waals surface area contributed by atoms with Crippen LogP contribution >= 0.6 is 0 Å². The number of hydrogen-bond donors (Lipinski definition) is 1. The predicted molar refractivity (Wildman–Crippen MR) is 79.1 cm³/mol. The number of sulfone groups is 1. The van der Waals surface area contributed by atoms with Crippen molar-refractivity contribution in [2.75, 3.05) is 0 Å². The molecule has 0 aromatic heterocycles. The van der Waals surface area contributed by atoms with E-state index in [2.05, 4.69) is 0 Å². The largest absolute Gasteiger partial charge is 0.387 e. The first kappa shape index (κ1) is 15.7. The van der Waals surface area contributed by atoms with Crippen molar-refractivity contribution in [1.82, 2.24) is 0 Å². The summed E-state index contributed by atoms with van der Waals surface area (Å²) in [5.74, 6) is -0.611. The zero-order valence-electron chi connectivity index (χ0n) is 11.6. The van der Waals surface area contributed by atoms with E-state index in [0.717, 1.165) is 6.07 Å². The SMILES string of the molecule is CCC(C(O)c1ccccc1)S(=O)(=O)c1cccc(F)c1. The fourth-order valence-corrected chi connectivity index (χ4v) is 4.13. The molecule has 0 fully saturated rings. The van der Waals surface area contributed by atoms with Crippen molar-refractivity contribution in [3.8, 4) is 0 Å². The quantitative estimate of drug-likeness (QED) is 0.923. The van der Waals surface area contributed by atoms with Gasteiger partial charge in [-0.1, -0.05) is 43.3 Å². The van der Waals surface area contributed by atoms with Gasteiger partial charge in [-0.3, -0.25) is 0 Å². The maximum Gasteiger partial charge on any atom is 0.184 e. The van der Waals surface area contributed by atoms with Crippen LogP contribution in [0.1, 0.15) is 25.0 Å². The first-order valence-electron chi connectivity index (χ1n) is 6.69. The molecule has 3 nitrogen and oxygen atoms in total. The zero-order valence-corrected chi connectivity index (χ0v) is 12.4. The Morgan fingerprint density at radius 3 is 2.33 bits per heavy atom. The van der Waals surface area contributed by atoms with Crippen LogP contribution in [-0.4, -0.2) is 18.8 Å².